The van der Waals surface area contributed by atoms with Crippen molar-refractivity contribution in [2.24, 2.45) is 0 Å². The average molecular weight is 450 g/mol. The molecule has 0 bridgehead atoms. The van der Waals surface area contributed by atoms with E-state index in [2.05, 4.69) is 10.0 Å². The zero-order valence-electron chi connectivity index (χ0n) is 16.0. The number of thiophene rings is 1. The minimum absolute atomic E-state index is 0.0915. The van der Waals surface area contributed by atoms with E-state index in [9.17, 15) is 26.4 Å². The van der Waals surface area contributed by atoms with Crippen LogP contribution in [0.15, 0.2) is 46.7 Å². The monoisotopic (exact) mass is 449 g/mol. The Labute approximate surface area is 171 Å². The molecule has 0 aliphatic rings. The predicted molar refractivity (Wildman–Crippen MR) is 105 cm³/mol. The molecule has 160 valence electrons. The van der Waals surface area contributed by atoms with E-state index >= 15 is 0 Å². The van der Waals surface area contributed by atoms with Crippen LogP contribution in [-0.4, -0.2) is 45.9 Å². The molecule has 2 aromatic rings. The number of carbonyl (C=O) groups is 1. The zero-order valence-corrected chi connectivity index (χ0v) is 17.7. The van der Waals surface area contributed by atoms with Crippen molar-refractivity contribution in [1.82, 2.24) is 14.9 Å². The largest absolute Gasteiger partial charge is 0.416 e. The molecule has 1 amide bonds. The summed E-state index contributed by atoms with van der Waals surface area (Å²) in [7, 11) is -0.590. The highest BCUT2D eigenvalue weighted by molar-refractivity contribution is 7.89. The molecule has 2 unspecified atom stereocenters. The second-order valence-electron chi connectivity index (χ2n) is 6.61. The number of likely N-dealkylation sites (N-methyl/N-ethyl adjacent to an activating group) is 1. The van der Waals surface area contributed by atoms with Gasteiger partial charge < -0.3 is 10.2 Å². The lowest BCUT2D eigenvalue weighted by Crippen LogP contribution is -2.46. The maximum Gasteiger partial charge on any atom is 0.416 e. The maximum atomic E-state index is 12.8. The number of nitrogens with zero attached hydrogens (tertiary/aromatic N) is 1. The summed E-state index contributed by atoms with van der Waals surface area (Å²) < 4.78 is 65.4. The molecule has 0 aliphatic heterocycles. The first kappa shape index (κ1) is 23.3. The number of sulfonamides is 1. The second-order valence-corrected chi connectivity index (χ2v) is 9.30. The standard InChI is InChI=1S/C18H22F3N3O3S2/c1-12(17(25)22-11-15(24(2)3)16-8-5-9-28-16)23-29(26,27)14-7-4-6-13(10-14)18(19,20)21/h4-10,12,15,23H,11H2,1-3H3,(H,22,25). The van der Waals surface area contributed by atoms with Crippen molar-refractivity contribution in [2.75, 3.05) is 20.6 Å². The fourth-order valence-electron chi connectivity index (χ4n) is 2.56. The summed E-state index contributed by atoms with van der Waals surface area (Å²) in [5, 5.41) is 4.60. The lowest BCUT2D eigenvalue weighted by Gasteiger charge is -2.24. The number of benzene rings is 1. The molecule has 0 aliphatic carbocycles. The fraction of sp³-hybridized carbons (Fsp3) is 0.389. The van der Waals surface area contributed by atoms with Crippen LogP contribution in [0.25, 0.3) is 0 Å². The van der Waals surface area contributed by atoms with Crippen molar-refractivity contribution >= 4 is 27.3 Å². The Kier molecular flexibility index (Phi) is 7.44. The molecule has 11 heteroatoms. The minimum Gasteiger partial charge on any atom is -0.353 e. The normalized spacial score (nSPS) is 14.6. The van der Waals surface area contributed by atoms with Gasteiger partial charge in [0.25, 0.3) is 0 Å². The first-order valence-corrected chi connectivity index (χ1v) is 10.9. The van der Waals surface area contributed by atoms with E-state index in [0.29, 0.717) is 6.07 Å². The quantitative estimate of drug-likeness (QED) is 0.650. The second kappa shape index (κ2) is 9.24. The number of rotatable bonds is 8. The van der Waals surface area contributed by atoms with Crippen LogP contribution in [-0.2, 0) is 21.0 Å². The van der Waals surface area contributed by atoms with Crippen molar-refractivity contribution in [3.63, 3.8) is 0 Å². The van der Waals surface area contributed by atoms with Gasteiger partial charge in [0, 0.05) is 11.4 Å². The van der Waals surface area contributed by atoms with Gasteiger partial charge in [0.15, 0.2) is 0 Å². The van der Waals surface area contributed by atoms with E-state index in [1.165, 1.54) is 18.3 Å². The Bertz CT molecular complexity index is 929. The first-order valence-electron chi connectivity index (χ1n) is 8.59. The summed E-state index contributed by atoms with van der Waals surface area (Å²) in [5.74, 6) is -0.580. The molecule has 0 radical (unpaired) electrons. The van der Waals surface area contributed by atoms with Crippen LogP contribution in [0.4, 0.5) is 13.2 Å². The van der Waals surface area contributed by atoms with Gasteiger partial charge in [0.1, 0.15) is 0 Å². The molecule has 0 spiro atoms. The van der Waals surface area contributed by atoms with Gasteiger partial charge in [-0.1, -0.05) is 12.1 Å². The van der Waals surface area contributed by atoms with E-state index in [1.54, 1.807) is 0 Å². The molecule has 0 fully saturated rings. The van der Waals surface area contributed by atoms with Gasteiger partial charge in [-0.25, -0.2) is 8.42 Å². The van der Waals surface area contributed by atoms with Crippen molar-refractivity contribution in [3.05, 3.63) is 52.2 Å². The van der Waals surface area contributed by atoms with Crippen LogP contribution in [0.3, 0.4) is 0 Å². The van der Waals surface area contributed by atoms with Crippen LogP contribution in [0, 0.1) is 0 Å². The number of hydrogen-bond acceptors (Lipinski definition) is 5. The molecule has 29 heavy (non-hydrogen) atoms. The highest BCUT2D eigenvalue weighted by Gasteiger charge is 2.32. The average Bonchev–Trinajstić information content (AvgIpc) is 3.14. The van der Waals surface area contributed by atoms with Crippen molar-refractivity contribution in [3.8, 4) is 0 Å². The fourth-order valence-corrected chi connectivity index (χ4v) is 4.73. The molecule has 6 nitrogen and oxygen atoms in total. The van der Waals surface area contributed by atoms with Crippen LogP contribution >= 0.6 is 11.3 Å². The lowest BCUT2D eigenvalue weighted by molar-refractivity contribution is -0.137. The highest BCUT2D eigenvalue weighted by Crippen LogP contribution is 2.30. The molecule has 2 N–H and O–H groups in total. The number of nitrogens with one attached hydrogen (secondary N) is 2. The summed E-state index contributed by atoms with van der Waals surface area (Å²) in [6, 6.07) is 5.93. The SMILES string of the molecule is CC(NS(=O)(=O)c1cccc(C(F)(F)F)c1)C(=O)NCC(c1cccs1)N(C)C. The highest BCUT2D eigenvalue weighted by atomic mass is 32.2. The van der Waals surface area contributed by atoms with Crippen LogP contribution in [0.5, 0.6) is 0 Å². The summed E-state index contributed by atoms with van der Waals surface area (Å²) in [6.07, 6.45) is -4.67. The van der Waals surface area contributed by atoms with Crippen LogP contribution < -0.4 is 10.0 Å². The molecule has 1 aromatic carbocycles. The van der Waals surface area contributed by atoms with E-state index in [-0.39, 0.29) is 12.6 Å². The molecule has 0 saturated carbocycles. The molecule has 2 rings (SSSR count). The predicted octanol–water partition coefficient (Wildman–Crippen LogP) is 2.85. The summed E-state index contributed by atoms with van der Waals surface area (Å²) in [4.78, 5) is 14.7. The van der Waals surface area contributed by atoms with Crippen LogP contribution in [0.1, 0.15) is 23.4 Å². The van der Waals surface area contributed by atoms with Gasteiger partial charge in [-0.15, -0.1) is 11.3 Å². The smallest absolute Gasteiger partial charge is 0.353 e. The number of amides is 1. The van der Waals surface area contributed by atoms with Crippen LogP contribution in [0.2, 0.25) is 0 Å². The Balaban J connectivity index is 2.05. The summed E-state index contributed by atoms with van der Waals surface area (Å²) >= 11 is 1.53. The van der Waals surface area contributed by atoms with Gasteiger partial charge in [-0.05, 0) is 50.7 Å². The Morgan fingerprint density at radius 3 is 2.45 bits per heavy atom. The molecule has 2 atom stereocenters. The third kappa shape index (κ3) is 6.26. The van der Waals surface area contributed by atoms with E-state index in [1.807, 2.05) is 36.5 Å². The molecule has 1 heterocycles. The topological polar surface area (TPSA) is 78.5 Å². The van der Waals surface area contributed by atoms with Crippen molar-refractivity contribution < 1.29 is 26.4 Å². The maximum absolute atomic E-state index is 12.8. The van der Waals surface area contributed by atoms with Crippen molar-refractivity contribution in [2.45, 2.75) is 30.1 Å². The Morgan fingerprint density at radius 1 is 1.21 bits per heavy atom. The third-order valence-electron chi connectivity index (χ3n) is 4.16. The number of carbonyl (C=O) groups excluding carboxylic acids is 1. The third-order valence-corrected chi connectivity index (χ3v) is 6.67. The summed E-state index contributed by atoms with van der Waals surface area (Å²) in [6.45, 7) is 1.58. The van der Waals surface area contributed by atoms with E-state index in [0.717, 1.165) is 23.1 Å². The van der Waals surface area contributed by atoms with Gasteiger partial charge in [0.05, 0.1) is 22.5 Å². The lowest BCUT2D eigenvalue weighted by atomic mass is 10.2. The Hall–Kier alpha value is -1.95. The van der Waals surface area contributed by atoms with Crippen molar-refractivity contribution in [1.29, 1.82) is 0 Å². The summed E-state index contributed by atoms with van der Waals surface area (Å²) in [5.41, 5.74) is -1.08. The first-order chi connectivity index (χ1) is 13.4. The molecule has 0 saturated heterocycles. The molecular formula is C18H22F3N3O3S2. The van der Waals surface area contributed by atoms with Gasteiger partial charge in [-0.3, -0.25) is 4.79 Å². The zero-order chi connectivity index (χ0) is 21.8. The Morgan fingerprint density at radius 2 is 1.90 bits per heavy atom. The van der Waals surface area contributed by atoms with Gasteiger partial charge in [-0.2, -0.15) is 17.9 Å². The van der Waals surface area contributed by atoms with E-state index < -0.39 is 38.6 Å². The van der Waals surface area contributed by atoms with Gasteiger partial charge >= 0.3 is 6.18 Å². The minimum atomic E-state index is -4.67. The number of hydrogen-bond donors (Lipinski definition) is 2. The number of alkyl halides is 3. The molecular weight excluding hydrogens is 427 g/mol. The van der Waals surface area contributed by atoms with E-state index in [4.69, 9.17) is 0 Å². The van der Waals surface area contributed by atoms with Gasteiger partial charge in [0.2, 0.25) is 15.9 Å². The number of halogens is 3. The molecule has 1 aromatic heterocycles.